The summed E-state index contributed by atoms with van der Waals surface area (Å²) in [4.78, 5) is 0.0318. The summed E-state index contributed by atoms with van der Waals surface area (Å²) in [6.45, 7) is 1.65. The van der Waals surface area contributed by atoms with E-state index in [1.54, 1.807) is 6.92 Å². The molecule has 2 aromatic rings. The summed E-state index contributed by atoms with van der Waals surface area (Å²) in [5, 5.41) is 18.7. The number of phenols is 2. The number of sulfone groups is 1. The van der Waals surface area contributed by atoms with Crippen LogP contribution in [-0.4, -0.2) is 18.6 Å². The van der Waals surface area contributed by atoms with Gasteiger partial charge in [0.25, 0.3) is 0 Å². The molecule has 94 valence electrons. The molecule has 0 saturated heterocycles. The van der Waals surface area contributed by atoms with Crippen molar-refractivity contribution in [2.75, 3.05) is 0 Å². The number of phenolic OH excluding ortho intramolecular Hbond substituents is 2. The van der Waals surface area contributed by atoms with Gasteiger partial charge in [-0.25, -0.2) is 8.42 Å². The van der Waals surface area contributed by atoms with Gasteiger partial charge in [-0.1, -0.05) is 12.1 Å². The second-order valence-corrected chi connectivity index (χ2v) is 5.87. The molecule has 0 heterocycles. The summed E-state index contributed by atoms with van der Waals surface area (Å²) in [6.07, 6.45) is 0. The molecule has 0 saturated carbocycles. The quantitative estimate of drug-likeness (QED) is 0.872. The Morgan fingerprint density at radius 2 is 1.61 bits per heavy atom. The molecule has 0 radical (unpaired) electrons. The average molecular weight is 264 g/mol. The molecule has 0 atom stereocenters. The van der Waals surface area contributed by atoms with Crippen molar-refractivity contribution in [2.45, 2.75) is 16.7 Å². The van der Waals surface area contributed by atoms with Crippen LogP contribution in [0.15, 0.2) is 52.3 Å². The molecule has 2 N–H and O–H groups in total. The Hall–Kier alpha value is -2.01. The fourth-order valence-corrected chi connectivity index (χ4v) is 3.21. The predicted octanol–water partition coefficient (Wildman–Crippen LogP) is 2.24. The molecule has 0 fully saturated rings. The minimum absolute atomic E-state index is 0.00352. The summed E-state index contributed by atoms with van der Waals surface area (Å²) >= 11 is 0. The van der Waals surface area contributed by atoms with Gasteiger partial charge in [-0.05, 0) is 42.8 Å². The molecule has 0 aromatic heterocycles. The summed E-state index contributed by atoms with van der Waals surface area (Å²) in [6, 6.07) is 9.60. The Kier molecular flexibility index (Phi) is 3.00. The number of aryl methyl sites for hydroxylation is 1. The first-order chi connectivity index (χ1) is 8.41. The van der Waals surface area contributed by atoms with E-state index in [0.717, 1.165) is 0 Å². The lowest BCUT2D eigenvalue weighted by Gasteiger charge is -2.08. The van der Waals surface area contributed by atoms with Gasteiger partial charge in [0.05, 0.1) is 9.79 Å². The highest BCUT2D eigenvalue weighted by Crippen LogP contribution is 2.28. The standard InChI is InChI=1S/C13H12O4S/c1-9-5-6-11(15)8-13(9)18(16,17)12-4-2-3-10(14)7-12/h2-8,14-15H,1H3. The fraction of sp³-hybridized carbons (Fsp3) is 0.0769. The highest BCUT2D eigenvalue weighted by atomic mass is 32.2. The minimum atomic E-state index is -3.73. The topological polar surface area (TPSA) is 74.6 Å². The Morgan fingerprint density at radius 3 is 2.28 bits per heavy atom. The van der Waals surface area contributed by atoms with Crippen LogP contribution in [-0.2, 0) is 9.84 Å². The molecule has 0 bridgehead atoms. The Balaban J connectivity index is 2.65. The highest BCUT2D eigenvalue weighted by Gasteiger charge is 2.20. The third kappa shape index (κ3) is 2.17. The van der Waals surface area contributed by atoms with Gasteiger partial charge in [0.1, 0.15) is 11.5 Å². The van der Waals surface area contributed by atoms with E-state index in [9.17, 15) is 18.6 Å². The van der Waals surface area contributed by atoms with Crippen LogP contribution >= 0.6 is 0 Å². The van der Waals surface area contributed by atoms with Crippen LogP contribution < -0.4 is 0 Å². The van der Waals surface area contributed by atoms with Gasteiger partial charge in [0.15, 0.2) is 0 Å². The number of hydrogen-bond donors (Lipinski definition) is 2. The molecule has 18 heavy (non-hydrogen) atoms. The SMILES string of the molecule is Cc1ccc(O)cc1S(=O)(=O)c1cccc(O)c1. The number of hydrogen-bond acceptors (Lipinski definition) is 4. The maximum atomic E-state index is 12.3. The first-order valence-corrected chi connectivity index (χ1v) is 6.73. The van der Waals surface area contributed by atoms with Crippen LogP contribution in [0, 0.1) is 6.92 Å². The van der Waals surface area contributed by atoms with Crippen LogP contribution in [0.3, 0.4) is 0 Å². The van der Waals surface area contributed by atoms with Gasteiger partial charge in [0, 0.05) is 0 Å². The van der Waals surface area contributed by atoms with E-state index in [2.05, 4.69) is 0 Å². The van der Waals surface area contributed by atoms with Crippen LogP contribution in [0.4, 0.5) is 0 Å². The Bertz CT molecular complexity index is 690. The van der Waals surface area contributed by atoms with Crippen molar-refractivity contribution in [3.8, 4) is 11.5 Å². The van der Waals surface area contributed by atoms with E-state index in [-0.39, 0.29) is 21.3 Å². The second kappa shape index (κ2) is 4.34. The van der Waals surface area contributed by atoms with E-state index in [4.69, 9.17) is 0 Å². The number of aromatic hydroxyl groups is 2. The van der Waals surface area contributed by atoms with Crippen LogP contribution in [0.25, 0.3) is 0 Å². The first kappa shape index (κ1) is 12.4. The third-order valence-corrected chi connectivity index (χ3v) is 4.48. The zero-order valence-corrected chi connectivity index (χ0v) is 10.5. The maximum absolute atomic E-state index is 12.3. The summed E-state index contributed by atoms with van der Waals surface area (Å²) in [5.74, 6) is -0.229. The van der Waals surface area contributed by atoms with E-state index in [1.807, 2.05) is 0 Å². The molecule has 2 rings (SSSR count). The van der Waals surface area contributed by atoms with Gasteiger partial charge in [-0.2, -0.15) is 0 Å². The lowest BCUT2D eigenvalue weighted by molar-refractivity contribution is 0.472. The lowest BCUT2D eigenvalue weighted by Crippen LogP contribution is -2.03. The molecule has 5 heteroatoms. The maximum Gasteiger partial charge on any atom is 0.207 e. The zero-order valence-electron chi connectivity index (χ0n) is 9.66. The molecule has 0 unspecified atom stereocenters. The van der Waals surface area contributed by atoms with Crippen molar-refractivity contribution >= 4 is 9.84 Å². The van der Waals surface area contributed by atoms with Crippen LogP contribution in [0.1, 0.15) is 5.56 Å². The molecule has 4 nitrogen and oxygen atoms in total. The molecule has 2 aromatic carbocycles. The molecular formula is C13H12O4S. The zero-order chi connectivity index (χ0) is 13.3. The molecule has 0 aliphatic carbocycles. The molecule has 0 spiro atoms. The average Bonchev–Trinajstić information content (AvgIpc) is 2.32. The van der Waals surface area contributed by atoms with Gasteiger partial charge in [-0.3, -0.25) is 0 Å². The van der Waals surface area contributed by atoms with E-state index in [1.165, 1.54) is 42.5 Å². The van der Waals surface area contributed by atoms with Gasteiger partial charge in [0.2, 0.25) is 9.84 Å². The number of rotatable bonds is 2. The third-order valence-electron chi connectivity index (χ3n) is 2.59. The van der Waals surface area contributed by atoms with Gasteiger partial charge >= 0.3 is 0 Å². The minimum Gasteiger partial charge on any atom is -0.508 e. The fourth-order valence-electron chi connectivity index (χ4n) is 1.66. The Morgan fingerprint density at radius 1 is 0.944 bits per heavy atom. The summed E-state index contributed by atoms with van der Waals surface area (Å²) < 4.78 is 24.7. The van der Waals surface area contributed by atoms with E-state index in [0.29, 0.717) is 5.56 Å². The smallest absolute Gasteiger partial charge is 0.207 e. The van der Waals surface area contributed by atoms with Gasteiger partial charge < -0.3 is 10.2 Å². The molecule has 0 aliphatic rings. The molecule has 0 amide bonds. The van der Waals surface area contributed by atoms with Gasteiger partial charge in [-0.15, -0.1) is 0 Å². The monoisotopic (exact) mass is 264 g/mol. The van der Waals surface area contributed by atoms with Crippen molar-refractivity contribution < 1.29 is 18.6 Å². The lowest BCUT2D eigenvalue weighted by atomic mass is 10.2. The van der Waals surface area contributed by atoms with Crippen molar-refractivity contribution in [1.82, 2.24) is 0 Å². The van der Waals surface area contributed by atoms with E-state index >= 15 is 0 Å². The molecular weight excluding hydrogens is 252 g/mol. The first-order valence-electron chi connectivity index (χ1n) is 5.25. The summed E-state index contributed by atoms with van der Waals surface area (Å²) in [7, 11) is -3.73. The number of benzene rings is 2. The van der Waals surface area contributed by atoms with Crippen molar-refractivity contribution in [3.63, 3.8) is 0 Å². The molecule has 0 aliphatic heterocycles. The summed E-state index contributed by atoms with van der Waals surface area (Å²) in [5.41, 5.74) is 0.538. The second-order valence-electron chi connectivity index (χ2n) is 3.95. The normalized spacial score (nSPS) is 11.4. The van der Waals surface area contributed by atoms with Crippen LogP contribution in [0.2, 0.25) is 0 Å². The van der Waals surface area contributed by atoms with E-state index < -0.39 is 9.84 Å². The van der Waals surface area contributed by atoms with Crippen molar-refractivity contribution in [2.24, 2.45) is 0 Å². The van der Waals surface area contributed by atoms with Crippen molar-refractivity contribution in [1.29, 1.82) is 0 Å². The van der Waals surface area contributed by atoms with Crippen molar-refractivity contribution in [3.05, 3.63) is 48.0 Å². The Labute approximate surface area is 105 Å². The van der Waals surface area contributed by atoms with Crippen LogP contribution in [0.5, 0.6) is 11.5 Å². The largest absolute Gasteiger partial charge is 0.508 e. The highest BCUT2D eigenvalue weighted by molar-refractivity contribution is 7.91. The predicted molar refractivity (Wildman–Crippen MR) is 66.4 cm³/mol.